The van der Waals surface area contributed by atoms with Crippen LogP contribution in [0.1, 0.15) is 31.5 Å². The first-order valence-corrected chi connectivity index (χ1v) is 10.5. The highest BCUT2D eigenvalue weighted by atomic mass is 32.2. The molecule has 0 saturated heterocycles. The smallest absolute Gasteiger partial charge is 0.252 e. The number of thioether (sulfide) groups is 1. The molecule has 1 aliphatic rings. The van der Waals surface area contributed by atoms with Crippen LogP contribution in [0, 0.1) is 0 Å². The van der Waals surface area contributed by atoms with E-state index in [0.29, 0.717) is 4.34 Å². The Bertz CT molecular complexity index is 929. The van der Waals surface area contributed by atoms with Crippen molar-refractivity contribution in [2.24, 2.45) is 5.16 Å². The zero-order valence-corrected chi connectivity index (χ0v) is 16.1. The minimum Gasteiger partial charge on any atom is -0.392 e. The van der Waals surface area contributed by atoms with Gasteiger partial charge in [-0.15, -0.1) is 11.3 Å². The molecule has 1 aromatic carbocycles. The van der Waals surface area contributed by atoms with E-state index in [-0.39, 0.29) is 27.9 Å². The molecule has 26 heavy (non-hydrogen) atoms. The van der Waals surface area contributed by atoms with Crippen LogP contribution in [0.15, 0.2) is 33.8 Å². The number of thiazole rings is 1. The van der Waals surface area contributed by atoms with E-state index in [1.807, 2.05) is 24.3 Å². The van der Waals surface area contributed by atoms with Crippen LogP contribution < -0.4 is 5.73 Å². The Morgan fingerprint density at radius 2 is 2.08 bits per heavy atom. The van der Waals surface area contributed by atoms with Crippen LogP contribution in [-0.4, -0.2) is 31.3 Å². The van der Waals surface area contributed by atoms with E-state index < -0.39 is 0 Å². The van der Waals surface area contributed by atoms with Gasteiger partial charge < -0.3 is 10.6 Å². The van der Waals surface area contributed by atoms with E-state index in [1.54, 1.807) is 0 Å². The molecule has 10 heteroatoms. The number of anilines is 1. The molecular weight excluding hydrogens is 390 g/mol. The third kappa shape index (κ3) is 3.87. The topological polar surface area (TPSA) is 103 Å². The van der Waals surface area contributed by atoms with Gasteiger partial charge in [-0.1, -0.05) is 17.3 Å². The van der Waals surface area contributed by atoms with Crippen LogP contribution in [-0.2, 0) is 9.63 Å². The number of para-hydroxylation sites is 1. The van der Waals surface area contributed by atoms with Crippen LogP contribution in [0.2, 0.25) is 0 Å². The molecule has 2 heterocycles. The summed E-state index contributed by atoms with van der Waals surface area (Å²) in [5, 5.41) is 4.07. The minimum atomic E-state index is -0.306. The summed E-state index contributed by atoms with van der Waals surface area (Å²) in [5.74, 6) is 0.198. The van der Waals surface area contributed by atoms with Crippen LogP contribution in [0.4, 0.5) is 5.13 Å². The molecule has 7 nitrogen and oxygen atoms in total. The summed E-state index contributed by atoms with van der Waals surface area (Å²) in [6, 6.07) is 7.76. The molecule has 1 aliphatic carbocycles. The predicted molar refractivity (Wildman–Crippen MR) is 105 cm³/mol. The lowest BCUT2D eigenvalue weighted by Crippen LogP contribution is -2.16. The van der Waals surface area contributed by atoms with Gasteiger partial charge in [0.2, 0.25) is 11.5 Å². The normalized spacial score (nSPS) is 15.6. The fraction of sp³-hybridized carbons (Fsp3) is 0.312. The van der Waals surface area contributed by atoms with Gasteiger partial charge in [-0.2, -0.15) is 9.36 Å². The lowest BCUT2D eigenvalue weighted by molar-refractivity contribution is -0.105. The highest BCUT2D eigenvalue weighted by Gasteiger charge is 2.24. The van der Waals surface area contributed by atoms with Gasteiger partial charge in [-0.25, -0.2) is 4.98 Å². The zero-order valence-electron chi connectivity index (χ0n) is 13.6. The summed E-state index contributed by atoms with van der Waals surface area (Å²) >= 11 is 3.49. The fourth-order valence-electron chi connectivity index (χ4n) is 2.64. The number of fused-ring (bicyclic) bond motifs is 1. The maximum atomic E-state index is 12.8. The molecule has 134 valence electrons. The molecule has 2 aromatic heterocycles. The Balaban J connectivity index is 1.57. The number of rotatable bonds is 5. The average molecular weight is 406 g/mol. The van der Waals surface area contributed by atoms with Crippen molar-refractivity contribution in [1.29, 1.82) is 0 Å². The van der Waals surface area contributed by atoms with Crippen LogP contribution in [0.5, 0.6) is 0 Å². The van der Waals surface area contributed by atoms with Gasteiger partial charge in [0.1, 0.15) is 6.10 Å². The number of carbonyl (C=O) groups is 1. The first-order chi connectivity index (χ1) is 12.7. The van der Waals surface area contributed by atoms with Gasteiger partial charge in [0, 0.05) is 11.5 Å². The van der Waals surface area contributed by atoms with Gasteiger partial charge in [-0.3, -0.25) is 4.79 Å². The fourth-order valence-corrected chi connectivity index (χ4v) is 4.97. The number of nitrogens with two attached hydrogens (primary N) is 1. The molecule has 0 bridgehead atoms. The Morgan fingerprint density at radius 3 is 2.81 bits per heavy atom. The average Bonchev–Trinajstić information content (AvgIpc) is 3.35. The van der Waals surface area contributed by atoms with Crippen molar-refractivity contribution in [3.63, 3.8) is 0 Å². The van der Waals surface area contributed by atoms with Crippen molar-refractivity contribution < 1.29 is 9.63 Å². The number of hydrogen-bond acceptors (Lipinski definition) is 10. The second-order valence-corrected chi connectivity index (χ2v) is 8.78. The van der Waals surface area contributed by atoms with Crippen molar-refractivity contribution in [2.45, 2.75) is 36.1 Å². The first kappa shape index (κ1) is 17.4. The Labute approximate surface area is 161 Å². The summed E-state index contributed by atoms with van der Waals surface area (Å²) < 4.78 is 5.78. The standard InChI is InChI=1S/C16H15N5O2S3/c17-15-19-13(21-26-15)12(20-23-9-5-1-2-6-9)14(22)25-16-18-10-7-3-4-8-11(10)24-16/h3-4,7-9H,1-2,5-6H2,(H2,17,19,21). The number of carbonyl (C=O) groups excluding carboxylic acids is 1. The molecule has 0 aliphatic heterocycles. The lowest BCUT2D eigenvalue weighted by atomic mass is 10.3. The molecule has 1 saturated carbocycles. The van der Waals surface area contributed by atoms with E-state index in [2.05, 4.69) is 19.5 Å². The monoisotopic (exact) mass is 405 g/mol. The summed E-state index contributed by atoms with van der Waals surface area (Å²) in [6.07, 6.45) is 4.17. The summed E-state index contributed by atoms with van der Waals surface area (Å²) in [4.78, 5) is 26.9. The van der Waals surface area contributed by atoms with Crippen LogP contribution in [0.25, 0.3) is 10.2 Å². The van der Waals surface area contributed by atoms with Crippen molar-refractivity contribution in [3.8, 4) is 0 Å². The van der Waals surface area contributed by atoms with E-state index in [9.17, 15) is 4.79 Å². The molecule has 3 aromatic rings. The van der Waals surface area contributed by atoms with E-state index in [4.69, 9.17) is 10.6 Å². The van der Waals surface area contributed by atoms with Gasteiger partial charge >= 0.3 is 0 Å². The second-order valence-electron chi connectivity index (χ2n) is 5.75. The number of oxime groups is 1. The Kier molecular flexibility index (Phi) is 5.14. The van der Waals surface area contributed by atoms with E-state index in [0.717, 1.165) is 59.2 Å². The van der Waals surface area contributed by atoms with Crippen molar-refractivity contribution in [1.82, 2.24) is 14.3 Å². The summed E-state index contributed by atoms with van der Waals surface area (Å²) in [7, 11) is 0. The number of hydrogen-bond donors (Lipinski definition) is 1. The van der Waals surface area contributed by atoms with Gasteiger partial charge in [0.05, 0.1) is 10.2 Å². The number of nitrogen functional groups attached to an aromatic ring is 1. The van der Waals surface area contributed by atoms with Gasteiger partial charge in [0.15, 0.2) is 9.47 Å². The molecule has 4 rings (SSSR count). The van der Waals surface area contributed by atoms with Gasteiger partial charge in [-0.05, 0) is 49.6 Å². The summed E-state index contributed by atoms with van der Waals surface area (Å²) in [5.41, 5.74) is 6.60. The Hall–Kier alpha value is -2.04. The maximum absolute atomic E-state index is 12.8. The largest absolute Gasteiger partial charge is 0.392 e. The first-order valence-electron chi connectivity index (χ1n) is 8.10. The SMILES string of the molecule is Nc1nc(C(=NOC2CCCC2)C(=O)Sc2nc3ccccc3s2)ns1. The van der Waals surface area contributed by atoms with Crippen molar-refractivity contribution >= 4 is 60.8 Å². The minimum absolute atomic E-state index is 0.0428. The third-order valence-corrected chi connectivity index (χ3v) is 6.41. The van der Waals surface area contributed by atoms with E-state index in [1.165, 1.54) is 11.3 Å². The molecule has 1 fully saturated rings. The number of aromatic nitrogens is 3. The highest BCUT2D eigenvalue weighted by Crippen LogP contribution is 2.31. The Morgan fingerprint density at radius 1 is 1.27 bits per heavy atom. The molecule has 0 radical (unpaired) electrons. The predicted octanol–water partition coefficient (Wildman–Crippen LogP) is 3.71. The highest BCUT2D eigenvalue weighted by molar-refractivity contribution is 8.16. The molecule has 0 amide bonds. The zero-order chi connectivity index (χ0) is 17.9. The summed E-state index contributed by atoms with van der Waals surface area (Å²) in [6.45, 7) is 0. The molecule has 0 unspecified atom stereocenters. The van der Waals surface area contributed by atoms with Crippen molar-refractivity contribution in [2.75, 3.05) is 5.73 Å². The van der Waals surface area contributed by atoms with Crippen LogP contribution >= 0.6 is 34.6 Å². The van der Waals surface area contributed by atoms with Crippen molar-refractivity contribution in [3.05, 3.63) is 30.1 Å². The number of nitrogens with zero attached hydrogens (tertiary/aromatic N) is 4. The molecular formula is C16H15N5O2S3. The maximum Gasteiger partial charge on any atom is 0.252 e. The lowest BCUT2D eigenvalue weighted by Gasteiger charge is -2.07. The van der Waals surface area contributed by atoms with Gasteiger partial charge in [0.25, 0.3) is 5.12 Å². The third-order valence-electron chi connectivity index (χ3n) is 3.90. The number of benzene rings is 1. The van der Waals surface area contributed by atoms with Crippen LogP contribution in [0.3, 0.4) is 0 Å². The quantitative estimate of drug-likeness (QED) is 0.392. The molecule has 2 N–H and O–H groups in total. The van der Waals surface area contributed by atoms with E-state index >= 15 is 0 Å². The molecule has 0 spiro atoms. The second kappa shape index (κ2) is 7.68. The molecule has 0 atom stereocenters.